The van der Waals surface area contributed by atoms with Gasteiger partial charge in [-0.3, -0.25) is 4.79 Å². The standard InChI is InChI=1S/C21H31N9O3/c1-2-32-12-13(23)11-25-21-28-20(18(19(24)31)29-30-21)27-17-5-3-4-16(15(17)10-22)26-14-6-8-33-9-7-14/h3-5,10,13-14,22,26H,2,6-9,11-12,23H2,1H3,(H2,24,31)(H2,25,27,28,30)/t13-/m1/s1. The maximum Gasteiger partial charge on any atom is 0.273 e. The number of hydrogen-bond acceptors (Lipinski definition) is 11. The van der Waals surface area contributed by atoms with Gasteiger partial charge in [0.05, 0.1) is 12.3 Å². The van der Waals surface area contributed by atoms with Crippen molar-refractivity contribution in [3.63, 3.8) is 0 Å². The number of carbonyl (C=O) groups is 1. The number of carbonyl (C=O) groups excluding carboxylic acids is 1. The number of hydrogen-bond donors (Lipinski definition) is 6. The van der Waals surface area contributed by atoms with Gasteiger partial charge in [-0.15, -0.1) is 10.2 Å². The van der Waals surface area contributed by atoms with Crippen LogP contribution >= 0.6 is 0 Å². The van der Waals surface area contributed by atoms with E-state index in [1.54, 1.807) is 6.07 Å². The summed E-state index contributed by atoms with van der Waals surface area (Å²) < 4.78 is 10.7. The highest BCUT2D eigenvalue weighted by Crippen LogP contribution is 2.28. The molecule has 1 fully saturated rings. The maximum absolute atomic E-state index is 11.9. The number of primary amides is 1. The van der Waals surface area contributed by atoms with Crippen LogP contribution in [-0.4, -0.2) is 72.4 Å². The largest absolute Gasteiger partial charge is 0.382 e. The fourth-order valence-corrected chi connectivity index (χ4v) is 3.35. The first kappa shape index (κ1) is 24.3. The molecule has 1 saturated heterocycles. The van der Waals surface area contributed by atoms with Crippen LogP contribution in [-0.2, 0) is 9.47 Å². The van der Waals surface area contributed by atoms with Gasteiger partial charge in [-0.1, -0.05) is 6.07 Å². The lowest BCUT2D eigenvalue weighted by Crippen LogP contribution is -2.34. The first-order valence-corrected chi connectivity index (χ1v) is 10.9. The molecule has 1 aromatic carbocycles. The lowest BCUT2D eigenvalue weighted by Gasteiger charge is -2.25. The van der Waals surface area contributed by atoms with Gasteiger partial charge in [0.15, 0.2) is 11.5 Å². The molecule has 0 unspecified atom stereocenters. The fraction of sp³-hybridized carbons (Fsp3) is 0.476. The van der Waals surface area contributed by atoms with Crippen molar-refractivity contribution in [2.45, 2.75) is 31.8 Å². The maximum atomic E-state index is 11.9. The number of aromatic nitrogens is 3. The van der Waals surface area contributed by atoms with E-state index in [0.29, 0.717) is 44.2 Å². The quantitative estimate of drug-likeness (QED) is 0.252. The normalized spacial score (nSPS) is 15.0. The van der Waals surface area contributed by atoms with E-state index in [9.17, 15) is 4.79 Å². The molecule has 178 valence electrons. The highest BCUT2D eigenvalue weighted by atomic mass is 16.5. The first-order valence-electron chi connectivity index (χ1n) is 10.9. The Labute approximate surface area is 192 Å². The summed E-state index contributed by atoms with van der Waals surface area (Å²) in [6, 6.07) is 5.53. The molecule has 1 atom stereocenters. The van der Waals surface area contributed by atoms with Gasteiger partial charge in [0.1, 0.15) is 0 Å². The van der Waals surface area contributed by atoms with E-state index >= 15 is 0 Å². The SMILES string of the molecule is CCOC[C@H](N)CNc1nnc(C(N)=O)c(Nc2cccc(NC3CCOCC3)c2C=N)n1. The number of nitrogens with zero attached hydrogens (tertiary/aromatic N) is 3. The summed E-state index contributed by atoms with van der Waals surface area (Å²) in [5.41, 5.74) is 13.3. The van der Waals surface area contributed by atoms with Crippen LogP contribution in [0.15, 0.2) is 18.2 Å². The Morgan fingerprint density at radius 2 is 2.09 bits per heavy atom. The van der Waals surface area contributed by atoms with Crippen molar-refractivity contribution in [3.05, 3.63) is 29.5 Å². The zero-order valence-corrected chi connectivity index (χ0v) is 18.6. The number of anilines is 4. The molecule has 1 aliphatic rings. The molecule has 2 aromatic rings. The zero-order chi connectivity index (χ0) is 23.6. The van der Waals surface area contributed by atoms with Crippen molar-refractivity contribution in [3.8, 4) is 0 Å². The Hall–Kier alpha value is -3.35. The Balaban J connectivity index is 1.81. The highest BCUT2D eigenvalue weighted by Gasteiger charge is 2.19. The number of benzene rings is 1. The van der Waals surface area contributed by atoms with Crippen molar-refractivity contribution in [2.24, 2.45) is 11.5 Å². The van der Waals surface area contributed by atoms with Crippen LogP contribution in [0.2, 0.25) is 0 Å². The van der Waals surface area contributed by atoms with Crippen LogP contribution < -0.4 is 27.4 Å². The van der Waals surface area contributed by atoms with Gasteiger partial charge in [0, 0.05) is 55.9 Å². The summed E-state index contributed by atoms with van der Waals surface area (Å²) in [5.74, 6) is -0.461. The molecule has 1 amide bonds. The molecule has 3 rings (SSSR count). The summed E-state index contributed by atoms with van der Waals surface area (Å²) in [6.45, 7) is 4.61. The fourth-order valence-electron chi connectivity index (χ4n) is 3.35. The highest BCUT2D eigenvalue weighted by molar-refractivity contribution is 5.98. The molecule has 0 bridgehead atoms. The van der Waals surface area contributed by atoms with Crippen LogP contribution in [0.5, 0.6) is 0 Å². The van der Waals surface area contributed by atoms with Crippen molar-refractivity contribution >= 4 is 35.3 Å². The van der Waals surface area contributed by atoms with Gasteiger partial charge in [0.2, 0.25) is 5.95 Å². The van der Waals surface area contributed by atoms with Gasteiger partial charge >= 0.3 is 0 Å². The molecule has 0 aliphatic carbocycles. The molecule has 12 heteroatoms. The molecule has 1 aromatic heterocycles. The molecular weight excluding hydrogens is 426 g/mol. The Morgan fingerprint density at radius 3 is 2.79 bits per heavy atom. The van der Waals surface area contributed by atoms with Crippen LogP contribution in [0.1, 0.15) is 35.8 Å². The van der Waals surface area contributed by atoms with Gasteiger partial charge in [-0.2, -0.15) is 4.98 Å². The predicted molar refractivity (Wildman–Crippen MR) is 126 cm³/mol. The van der Waals surface area contributed by atoms with E-state index in [1.165, 1.54) is 6.21 Å². The minimum atomic E-state index is -0.773. The molecule has 0 spiro atoms. The van der Waals surface area contributed by atoms with Crippen LogP contribution in [0.25, 0.3) is 0 Å². The predicted octanol–water partition coefficient (Wildman–Crippen LogP) is 1.08. The minimum Gasteiger partial charge on any atom is -0.382 e. The summed E-state index contributed by atoms with van der Waals surface area (Å²) in [5, 5.41) is 25.3. The number of rotatable bonds is 12. The molecule has 2 heterocycles. The molecule has 12 nitrogen and oxygen atoms in total. The van der Waals surface area contributed by atoms with Gasteiger partial charge in [-0.25, -0.2) is 0 Å². The van der Waals surface area contributed by atoms with E-state index in [2.05, 4.69) is 31.1 Å². The number of ether oxygens (including phenoxy) is 2. The third-order valence-electron chi connectivity index (χ3n) is 5.06. The average Bonchev–Trinajstić information content (AvgIpc) is 2.82. The second-order valence-corrected chi connectivity index (χ2v) is 7.56. The summed E-state index contributed by atoms with van der Waals surface area (Å²) >= 11 is 0. The number of nitrogens with two attached hydrogens (primary N) is 2. The van der Waals surface area contributed by atoms with E-state index in [4.69, 9.17) is 26.4 Å². The molecule has 0 radical (unpaired) electrons. The zero-order valence-electron chi connectivity index (χ0n) is 18.6. The Morgan fingerprint density at radius 1 is 1.33 bits per heavy atom. The summed E-state index contributed by atoms with van der Waals surface area (Å²) in [6.07, 6.45) is 3.02. The second-order valence-electron chi connectivity index (χ2n) is 7.56. The van der Waals surface area contributed by atoms with Crippen LogP contribution in [0, 0.1) is 5.41 Å². The first-order chi connectivity index (χ1) is 16.0. The number of nitrogens with one attached hydrogen (secondary N) is 4. The van der Waals surface area contributed by atoms with Gasteiger partial charge < -0.3 is 42.3 Å². The minimum absolute atomic E-state index is 0.113. The van der Waals surface area contributed by atoms with E-state index in [-0.39, 0.29) is 29.5 Å². The number of amides is 1. The molecule has 8 N–H and O–H groups in total. The third kappa shape index (κ3) is 6.81. The summed E-state index contributed by atoms with van der Waals surface area (Å²) in [7, 11) is 0. The topological polar surface area (TPSA) is 186 Å². The second kappa shape index (κ2) is 12.0. The average molecular weight is 458 g/mol. The van der Waals surface area contributed by atoms with Gasteiger partial charge in [0.25, 0.3) is 5.91 Å². The Bertz CT molecular complexity index is 951. The molecule has 1 aliphatic heterocycles. The summed E-state index contributed by atoms with van der Waals surface area (Å²) in [4.78, 5) is 16.3. The Kier molecular flexibility index (Phi) is 8.87. The monoisotopic (exact) mass is 457 g/mol. The van der Waals surface area contributed by atoms with Crippen LogP contribution in [0.3, 0.4) is 0 Å². The lowest BCUT2D eigenvalue weighted by atomic mass is 10.1. The van der Waals surface area contributed by atoms with Crippen molar-refractivity contribution in [1.82, 2.24) is 15.2 Å². The van der Waals surface area contributed by atoms with Crippen LogP contribution in [0.4, 0.5) is 23.1 Å². The third-order valence-corrected chi connectivity index (χ3v) is 5.06. The van der Waals surface area contributed by atoms with Crippen molar-refractivity contribution in [2.75, 3.05) is 48.9 Å². The van der Waals surface area contributed by atoms with Crippen molar-refractivity contribution in [1.29, 1.82) is 5.41 Å². The molecular formula is C21H31N9O3. The molecule has 0 saturated carbocycles. The molecule has 33 heavy (non-hydrogen) atoms. The van der Waals surface area contributed by atoms with E-state index in [0.717, 1.165) is 18.5 Å². The van der Waals surface area contributed by atoms with E-state index < -0.39 is 5.91 Å². The van der Waals surface area contributed by atoms with Gasteiger partial charge in [-0.05, 0) is 31.9 Å². The smallest absolute Gasteiger partial charge is 0.273 e. The van der Waals surface area contributed by atoms with Crippen molar-refractivity contribution < 1.29 is 14.3 Å². The lowest BCUT2D eigenvalue weighted by molar-refractivity contribution is 0.0904. The van der Waals surface area contributed by atoms with E-state index in [1.807, 2.05) is 19.1 Å².